The van der Waals surface area contributed by atoms with Gasteiger partial charge >= 0.3 is 5.69 Å². The molecule has 0 amide bonds. The van der Waals surface area contributed by atoms with Crippen molar-refractivity contribution in [1.82, 2.24) is 24.5 Å². The number of nitrogens with zero attached hydrogens (tertiary/aromatic N) is 5. The number of fused-ring (bicyclic) bond motifs is 1. The highest BCUT2D eigenvalue weighted by molar-refractivity contribution is 5.72. The second kappa shape index (κ2) is 6.44. The van der Waals surface area contributed by atoms with E-state index in [0.29, 0.717) is 23.5 Å². The van der Waals surface area contributed by atoms with Crippen LogP contribution in [-0.2, 0) is 6.54 Å². The number of aromatic nitrogens is 5. The molecule has 0 fully saturated rings. The Morgan fingerprint density at radius 2 is 2.00 bits per heavy atom. The molecule has 7 heteroatoms. The Morgan fingerprint density at radius 1 is 1.12 bits per heavy atom. The summed E-state index contributed by atoms with van der Waals surface area (Å²) in [6.45, 7) is 0.351. The molecular weight excluding hydrogens is 328 g/mol. The fraction of sp³-hybridized carbons (Fsp3) is 0.158. The van der Waals surface area contributed by atoms with Crippen molar-refractivity contribution in [2.45, 2.75) is 6.54 Å². The largest absolute Gasteiger partial charge is 0.378 e. The lowest BCUT2D eigenvalue weighted by molar-refractivity contribution is 0.757. The van der Waals surface area contributed by atoms with Gasteiger partial charge in [-0.3, -0.25) is 14.5 Å². The van der Waals surface area contributed by atoms with Crippen LogP contribution in [0, 0.1) is 0 Å². The number of H-pyrrole nitrogens is 1. The number of hydrogen-bond donors (Lipinski definition) is 1. The smallest absolute Gasteiger partial charge is 0.329 e. The van der Waals surface area contributed by atoms with Crippen molar-refractivity contribution in [3.63, 3.8) is 0 Å². The molecule has 0 radical (unpaired) electrons. The SMILES string of the molecule is CN(C)c1cccc(-c2cnc3c(n2)[nH]c(=O)n3Cc2ccccn2)c1. The Bertz CT molecular complexity index is 1110. The maximum absolute atomic E-state index is 12.3. The van der Waals surface area contributed by atoms with E-state index in [1.807, 2.05) is 61.5 Å². The first-order valence-electron chi connectivity index (χ1n) is 8.25. The topological polar surface area (TPSA) is 79.7 Å². The van der Waals surface area contributed by atoms with Crippen molar-refractivity contribution < 1.29 is 0 Å². The van der Waals surface area contributed by atoms with E-state index in [4.69, 9.17) is 0 Å². The van der Waals surface area contributed by atoms with Gasteiger partial charge in [-0.25, -0.2) is 14.8 Å². The Hall–Kier alpha value is -3.48. The average molecular weight is 346 g/mol. The van der Waals surface area contributed by atoms with E-state index >= 15 is 0 Å². The lowest BCUT2D eigenvalue weighted by atomic mass is 10.1. The van der Waals surface area contributed by atoms with E-state index in [9.17, 15) is 4.79 Å². The number of pyridine rings is 1. The molecule has 3 aromatic heterocycles. The van der Waals surface area contributed by atoms with Crippen molar-refractivity contribution in [1.29, 1.82) is 0 Å². The van der Waals surface area contributed by atoms with Gasteiger partial charge in [0.1, 0.15) is 0 Å². The van der Waals surface area contributed by atoms with Gasteiger partial charge in [-0.05, 0) is 24.3 Å². The molecule has 0 spiro atoms. The first-order valence-corrected chi connectivity index (χ1v) is 8.25. The van der Waals surface area contributed by atoms with Gasteiger partial charge in [0.05, 0.1) is 24.1 Å². The van der Waals surface area contributed by atoms with Gasteiger partial charge in [-0.1, -0.05) is 18.2 Å². The maximum Gasteiger partial charge on any atom is 0.329 e. The van der Waals surface area contributed by atoms with Gasteiger partial charge in [0.25, 0.3) is 0 Å². The number of anilines is 1. The third-order valence-electron chi connectivity index (χ3n) is 4.18. The minimum absolute atomic E-state index is 0.246. The van der Waals surface area contributed by atoms with Crippen molar-refractivity contribution in [3.8, 4) is 11.3 Å². The number of aromatic amines is 1. The Labute approximate surface area is 150 Å². The molecule has 26 heavy (non-hydrogen) atoms. The average Bonchev–Trinajstić information content (AvgIpc) is 2.97. The predicted octanol–water partition coefficient (Wildman–Crippen LogP) is 2.30. The molecule has 4 aromatic rings. The van der Waals surface area contributed by atoms with Gasteiger partial charge in [-0.2, -0.15) is 0 Å². The van der Waals surface area contributed by atoms with Gasteiger partial charge < -0.3 is 4.90 Å². The summed E-state index contributed by atoms with van der Waals surface area (Å²) in [5, 5.41) is 0. The van der Waals surface area contributed by atoms with Gasteiger partial charge in [0.2, 0.25) is 0 Å². The molecule has 0 atom stereocenters. The lowest BCUT2D eigenvalue weighted by Gasteiger charge is -2.13. The first-order chi connectivity index (χ1) is 12.6. The maximum atomic E-state index is 12.3. The van der Waals surface area contributed by atoms with Crippen LogP contribution in [0.4, 0.5) is 5.69 Å². The quantitative estimate of drug-likeness (QED) is 0.613. The Kier molecular flexibility index (Phi) is 3.96. The number of hydrogen-bond acceptors (Lipinski definition) is 5. The summed E-state index contributed by atoms with van der Waals surface area (Å²) in [5.74, 6) is 0. The summed E-state index contributed by atoms with van der Waals surface area (Å²) in [4.78, 5) is 30.5. The minimum atomic E-state index is -0.246. The van der Waals surface area contributed by atoms with E-state index in [1.54, 1.807) is 17.0 Å². The fourth-order valence-electron chi connectivity index (χ4n) is 2.81. The molecule has 0 bridgehead atoms. The van der Waals surface area contributed by atoms with E-state index in [-0.39, 0.29) is 5.69 Å². The number of nitrogens with one attached hydrogen (secondary N) is 1. The van der Waals surface area contributed by atoms with E-state index < -0.39 is 0 Å². The van der Waals surface area contributed by atoms with Crippen molar-refractivity contribution in [2.24, 2.45) is 0 Å². The molecule has 1 aromatic carbocycles. The molecule has 1 N–H and O–H groups in total. The predicted molar refractivity (Wildman–Crippen MR) is 101 cm³/mol. The summed E-state index contributed by atoms with van der Waals surface area (Å²) in [6, 6.07) is 13.6. The summed E-state index contributed by atoms with van der Waals surface area (Å²) >= 11 is 0. The van der Waals surface area contributed by atoms with E-state index in [1.165, 1.54) is 0 Å². The van der Waals surface area contributed by atoms with Crippen LogP contribution in [0.5, 0.6) is 0 Å². The highest BCUT2D eigenvalue weighted by Gasteiger charge is 2.12. The first kappa shape index (κ1) is 16.0. The molecule has 7 nitrogen and oxygen atoms in total. The Morgan fingerprint density at radius 3 is 2.77 bits per heavy atom. The third kappa shape index (κ3) is 2.95. The van der Waals surface area contributed by atoms with Crippen LogP contribution >= 0.6 is 0 Å². The molecule has 0 aliphatic heterocycles. The summed E-state index contributed by atoms with van der Waals surface area (Å²) < 4.78 is 1.55. The summed E-state index contributed by atoms with van der Waals surface area (Å²) in [5.41, 5.74) is 4.28. The second-order valence-corrected chi connectivity index (χ2v) is 6.21. The van der Waals surface area contributed by atoms with Crippen LogP contribution in [0.1, 0.15) is 5.69 Å². The molecule has 4 rings (SSSR count). The molecular formula is C19H18N6O. The lowest BCUT2D eigenvalue weighted by Crippen LogP contribution is -2.18. The number of rotatable bonds is 4. The normalized spacial score (nSPS) is 11.0. The third-order valence-corrected chi connectivity index (χ3v) is 4.18. The van der Waals surface area contributed by atoms with Gasteiger partial charge in [0.15, 0.2) is 11.3 Å². The fourth-order valence-corrected chi connectivity index (χ4v) is 2.81. The van der Waals surface area contributed by atoms with Crippen LogP contribution in [0.3, 0.4) is 0 Å². The zero-order valence-electron chi connectivity index (χ0n) is 14.5. The number of imidazole rings is 1. The standard InChI is InChI=1S/C19H18N6O/c1-24(2)15-8-5-6-13(10-15)16-11-21-18-17(22-16)23-19(26)25(18)12-14-7-3-4-9-20-14/h3-11H,12H2,1-2H3,(H,22,23,26). The second-order valence-electron chi connectivity index (χ2n) is 6.21. The van der Waals surface area contributed by atoms with Crippen LogP contribution in [0.2, 0.25) is 0 Å². The Balaban J connectivity index is 1.75. The molecule has 130 valence electrons. The van der Waals surface area contributed by atoms with E-state index in [0.717, 1.165) is 16.9 Å². The van der Waals surface area contributed by atoms with Crippen molar-refractivity contribution in [3.05, 3.63) is 71.0 Å². The van der Waals surface area contributed by atoms with E-state index in [2.05, 4.69) is 19.9 Å². The van der Waals surface area contributed by atoms with Crippen LogP contribution in [0.25, 0.3) is 22.6 Å². The molecule has 0 aliphatic rings. The highest BCUT2D eigenvalue weighted by atomic mass is 16.1. The van der Waals surface area contributed by atoms with Crippen LogP contribution in [0.15, 0.2) is 59.7 Å². The van der Waals surface area contributed by atoms with Crippen LogP contribution < -0.4 is 10.6 Å². The van der Waals surface area contributed by atoms with Crippen molar-refractivity contribution >= 4 is 17.0 Å². The highest BCUT2D eigenvalue weighted by Crippen LogP contribution is 2.22. The number of benzene rings is 1. The summed E-state index contributed by atoms with van der Waals surface area (Å²) in [6.07, 6.45) is 3.40. The molecule has 3 heterocycles. The van der Waals surface area contributed by atoms with Crippen molar-refractivity contribution in [2.75, 3.05) is 19.0 Å². The van der Waals surface area contributed by atoms with Gasteiger partial charge in [0, 0.05) is 31.5 Å². The molecule has 0 saturated heterocycles. The van der Waals surface area contributed by atoms with Crippen LogP contribution in [-0.4, -0.2) is 38.6 Å². The minimum Gasteiger partial charge on any atom is -0.378 e. The molecule has 0 aliphatic carbocycles. The zero-order valence-corrected chi connectivity index (χ0v) is 14.5. The molecule has 0 saturated carbocycles. The summed E-state index contributed by atoms with van der Waals surface area (Å²) in [7, 11) is 3.98. The zero-order chi connectivity index (χ0) is 18.1. The van der Waals surface area contributed by atoms with Gasteiger partial charge in [-0.15, -0.1) is 0 Å². The monoisotopic (exact) mass is 346 g/mol. The molecule has 0 unspecified atom stereocenters.